The molecule has 0 bridgehead atoms. The molecular formula is C27H45NO2. The van der Waals surface area contributed by atoms with E-state index in [1.54, 1.807) is 0 Å². The first-order valence-corrected chi connectivity index (χ1v) is 13.5. The summed E-state index contributed by atoms with van der Waals surface area (Å²) in [4.78, 5) is 2.92. The average molecular weight is 416 g/mol. The van der Waals surface area contributed by atoms with Gasteiger partial charge in [-0.3, -0.25) is 4.90 Å². The highest BCUT2D eigenvalue weighted by atomic mass is 16.3. The van der Waals surface area contributed by atoms with Crippen molar-refractivity contribution in [2.24, 2.45) is 58.7 Å². The molecule has 2 saturated heterocycles. The first-order valence-electron chi connectivity index (χ1n) is 13.5. The van der Waals surface area contributed by atoms with Gasteiger partial charge in [-0.25, -0.2) is 0 Å². The van der Waals surface area contributed by atoms with Gasteiger partial charge < -0.3 is 10.2 Å². The first kappa shape index (κ1) is 20.5. The van der Waals surface area contributed by atoms with E-state index in [1.165, 1.54) is 45.2 Å². The summed E-state index contributed by atoms with van der Waals surface area (Å²) in [5.74, 6) is 7.22. The van der Waals surface area contributed by atoms with Gasteiger partial charge in [0.05, 0.1) is 12.2 Å². The second-order valence-corrected chi connectivity index (χ2v) is 13.1. The quantitative estimate of drug-likeness (QED) is 0.609. The fourth-order valence-electron chi connectivity index (χ4n) is 10.6. The molecule has 2 N–H and O–H groups in total. The Morgan fingerprint density at radius 3 is 2.37 bits per heavy atom. The Morgan fingerprint density at radius 1 is 0.733 bits per heavy atom. The predicted molar refractivity (Wildman–Crippen MR) is 120 cm³/mol. The zero-order valence-electron chi connectivity index (χ0n) is 19.5. The Balaban J connectivity index is 1.28. The molecule has 4 aliphatic carbocycles. The largest absolute Gasteiger partial charge is 0.393 e. The van der Waals surface area contributed by atoms with Crippen molar-refractivity contribution in [1.29, 1.82) is 0 Å². The number of fused-ring (bicyclic) bond motifs is 8. The van der Waals surface area contributed by atoms with Crippen LogP contribution in [0.15, 0.2) is 0 Å². The lowest BCUT2D eigenvalue weighted by Gasteiger charge is -2.56. The number of nitrogens with zero attached hydrogens (tertiary/aromatic N) is 1. The minimum atomic E-state index is -0.181. The van der Waals surface area contributed by atoms with Crippen LogP contribution < -0.4 is 0 Å². The molecule has 170 valence electrons. The maximum Gasteiger partial charge on any atom is 0.0577 e. The molecule has 0 spiro atoms. The van der Waals surface area contributed by atoms with Crippen LogP contribution in [-0.4, -0.2) is 46.5 Å². The summed E-state index contributed by atoms with van der Waals surface area (Å²) in [5.41, 5.74) is 0.261. The van der Waals surface area contributed by atoms with Crippen molar-refractivity contribution < 1.29 is 10.2 Å². The minimum absolute atomic E-state index is 0.180. The number of aliphatic hydroxyl groups excluding tert-OH is 2. The summed E-state index contributed by atoms with van der Waals surface area (Å²) in [6.45, 7) is 10.3. The molecule has 6 aliphatic rings. The summed E-state index contributed by atoms with van der Waals surface area (Å²) in [6.07, 6.45) is 10.7. The van der Waals surface area contributed by atoms with Crippen LogP contribution in [0.4, 0.5) is 0 Å². The highest BCUT2D eigenvalue weighted by molar-refractivity contribution is 5.12. The second kappa shape index (κ2) is 7.19. The molecule has 3 heteroatoms. The maximum atomic E-state index is 11.2. The smallest absolute Gasteiger partial charge is 0.0577 e. The number of aliphatic hydroxyl groups is 2. The van der Waals surface area contributed by atoms with Crippen LogP contribution in [0.5, 0.6) is 0 Å². The van der Waals surface area contributed by atoms with Crippen LogP contribution in [0.1, 0.15) is 78.6 Å². The van der Waals surface area contributed by atoms with Crippen LogP contribution in [0, 0.1) is 58.7 Å². The van der Waals surface area contributed by atoms with Crippen molar-refractivity contribution in [2.45, 2.75) is 96.8 Å². The third-order valence-corrected chi connectivity index (χ3v) is 12.0. The molecule has 30 heavy (non-hydrogen) atoms. The highest BCUT2D eigenvalue weighted by Gasteiger charge is 2.62. The molecule has 0 aromatic carbocycles. The number of hydrogen-bond donors (Lipinski definition) is 2. The van der Waals surface area contributed by atoms with Gasteiger partial charge in [-0.1, -0.05) is 20.8 Å². The second-order valence-electron chi connectivity index (χ2n) is 13.1. The van der Waals surface area contributed by atoms with Crippen molar-refractivity contribution in [3.05, 3.63) is 0 Å². The van der Waals surface area contributed by atoms with E-state index in [9.17, 15) is 10.2 Å². The normalized spacial score (nSPS) is 60.7. The van der Waals surface area contributed by atoms with Gasteiger partial charge >= 0.3 is 0 Å². The molecule has 3 nitrogen and oxygen atoms in total. The lowest BCUT2D eigenvalue weighted by Crippen LogP contribution is -2.58. The van der Waals surface area contributed by atoms with Gasteiger partial charge in [0.25, 0.3) is 0 Å². The van der Waals surface area contributed by atoms with Crippen LogP contribution >= 0.6 is 0 Å². The number of hydrogen-bond acceptors (Lipinski definition) is 3. The molecule has 2 heterocycles. The van der Waals surface area contributed by atoms with E-state index in [0.717, 1.165) is 79.1 Å². The minimum Gasteiger partial charge on any atom is -0.393 e. The Hall–Kier alpha value is -0.120. The molecule has 13 atom stereocenters. The van der Waals surface area contributed by atoms with Gasteiger partial charge in [0.1, 0.15) is 0 Å². The summed E-state index contributed by atoms with van der Waals surface area (Å²) < 4.78 is 0. The summed E-state index contributed by atoms with van der Waals surface area (Å²) in [7, 11) is 0. The summed E-state index contributed by atoms with van der Waals surface area (Å²) in [6, 6.07) is 0.853. The third kappa shape index (κ3) is 2.86. The molecular weight excluding hydrogens is 370 g/mol. The van der Waals surface area contributed by atoms with Crippen LogP contribution in [0.3, 0.4) is 0 Å². The molecule has 2 aliphatic heterocycles. The van der Waals surface area contributed by atoms with E-state index in [1.807, 2.05) is 0 Å². The van der Waals surface area contributed by atoms with Crippen molar-refractivity contribution in [3.63, 3.8) is 0 Å². The fourth-order valence-corrected chi connectivity index (χ4v) is 10.6. The van der Waals surface area contributed by atoms with Crippen LogP contribution in [0.25, 0.3) is 0 Å². The standard InChI is InChI=1S/C27H45NO2/c1-15-4-7-25-16(2)18-5-6-19-20(22(18)14-28(25)13-15)11-23-21(19)12-26(30)24-10-17(29)8-9-27(23,24)3/h15-26,29-30H,4-14H2,1-3H3/t15-,16-,17-,18+,19+,20+,21-,22+,23-,24+,25-,26+,27+/m0/s1. The Bertz CT molecular complexity index is 665. The number of rotatable bonds is 0. The average Bonchev–Trinajstić information content (AvgIpc) is 3.09. The van der Waals surface area contributed by atoms with E-state index >= 15 is 0 Å². The highest BCUT2D eigenvalue weighted by Crippen LogP contribution is 2.67. The predicted octanol–water partition coefficient (Wildman–Crippen LogP) is 4.56. The lowest BCUT2D eigenvalue weighted by atomic mass is 9.51. The van der Waals surface area contributed by atoms with Crippen molar-refractivity contribution in [1.82, 2.24) is 4.90 Å². The van der Waals surface area contributed by atoms with Gasteiger partial charge in [0, 0.05) is 19.1 Å². The zero-order chi connectivity index (χ0) is 20.8. The molecule has 0 aromatic rings. The SMILES string of the molecule is C[C@H]1CC[C@H]2[C@@H](C)[C@H]3CC[C@@H]4[C@@H](C[C@H]5[C@H]4C[C@@H](O)[C@H]4C[C@@H](O)CC[C@@]45C)[C@@H]3CN2C1. The molecule has 4 saturated carbocycles. The van der Waals surface area contributed by atoms with Gasteiger partial charge in [0.15, 0.2) is 0 Å². The molecule has 0 amide bonds. The third-order valence-electron chi connectivity index (χ3n) is 12.0. The molecule has 0 radical (unpaired) electrons. The lowest BCUT2D eigenvalue weighted by molar-refractivity contribution is -0.130. The van der Waals surface area contributed by atoms with Gasteiger partial charge in [-0.05, 0) is 116 Å². The Morgan fingerprint density at radius 2 is 1.53 bits per heavy atom. The van der Waals surface area contributed by atoms with E-state index < -0.39 is 0 Å². The summed E-state index contributed by atoms with van der Waals surface area (Å²) in [5, 5.41) is 21.5. The fraction of sp³-hybridized carbons (Fsp3) is 1.00. The van der Waals surface area contributed by atoms with E-state index in [0.29, 0.717) is 5.92 Å². The van der Waals surface area contributed by atoms with Crippen molar-refractivity contribution in [3.8, 4) is 0 Å². The first-order chi connectivity index (χ1) is 14.4. The topological polar surface area (TPSA) is 43.7 Å². The molecule has 0 unspecified atom stereocenters. The van der Waals surface area contributed by atoms with Crippen molar-refractivity contribution >= 4 is 0 Å². The summed E-state index contributed by atoms with van der Waals surface area (Å²) >= 11 is 0. The van der Waals surface area contributed by atoms with Gasteiger partial charge in [-0.15, -0.1) is 0 Å². The monoisotopic (exact) mass is 415 g/mol. The number of piperidine rings is 2. The van der Waals surface area contributed by atoms with Gasteiger partial charge in [-0.2, -0.15) is 0 Å². The van der Waals surface area contributed by atoms with Gasteiger partial charge in [0.2, 0.25) is 0 Å². The van der Waals surface area contributed by atoms with E-state index in [4.69, 9.17) is 0 Å². The van der Waals surface area contributed by atoms with E-state index in [2.05, 4.69) is 25.7 Å². The van der Waals surface area contributed by atoms with E-state index in [-0.39, 0.29) is 17.6 Å². The maximum absolute atomic E-state index is 11.2. The van der Waals surface area contributed by atoms with Crippen LogP contribution in [0.2, 0.25) is 0 Å². The molecule has 6 fully saturated rings. The molecule has 0 aromatic heterocycles. The van der Waals surface area contributed by atoms with Crippen LogP contribution in [-0.2, 0) is 0 Å². The molecule has 6 rings (SSSR count). The van der Waals surface area contributed by atoms with Crippen molar-refractivity contribution in [2.75, 3.05) is 13.1 Å². The zero-order valence-corrected chi connectivity index (χ0v) is 19.5. The Kier molecular flexibility index (Phi) is 4.91. The Labute approximate surface area is 184 Å².